The van der Waals surface area contributed by atoms with Gasteiger partial charge in [-0.25, -0.2) is 5.43 Å². The number of rotatable bonds is 6. The van der Waals surface area contributed by atoms with Crippen LogP contribution in [0.25, 0.3) is 0 Å². The van der Waals surface area contributed by atoms with Crippen LogP contribution in [-0.4, -0.2) is 27.9 Å². The molecule has 128 valence electrons. The Bertz CT molecular complexity index is 748. The van der Waals surface area contributed by atoms with Crippen LogP contribution in [0.4, 0.5) is 5.69 Å². The highest BCUT2D eigenvalue weighted by atomic mass is 16.2. The summed E-state index contributed by atoms with van der Waals surface area (Å²) in [6, 6.07) is 7.52. The first-order chi connectivity index (χ1) is 11.4. The molecule has 0 aliphatic carbocycles. The summed E-state index contributed by atoms with van der Waals surface area (Å²) >= 11 is 0. The lowest BCUT2D eigenvalue weighted by Gasteiger charge is -2.13. The van der Waals surface area contributed by atoms with E-state index in [-0.39, 0.29) is 11.9 Å². The van der Waals surface area contributed by atoms with Gasteiger partial charge in [-0.1, -0.05) is 12.1 Å². The van der Waals surface area contributed by atoms with Crippen LogP contribution in [0.1, 0.15) is 36.4 Å². The van der Waals surface area contributed by atoms with E-state index in [1.54, 1.807) is 13.1 Å². The molecule has 1 atom stereocenters. The lowest BCUT2D eigenvalue weighted by atomic mass is 10.2. The molecule has 6 nitrogen and oxygen atoms in total. The van der Waals surface area contributed by atoms with Crippen LogP contribution >= 0.6 is 0 Å². The highest BCUT2D eigenvalue weighted by Crippen LogP contribution is 2.11. The van der Waals surface area contributed by atoms with E-state index in [9.17, 15) is 4.79 Å². The van der Waals surface area contributed by atoms with Crippen molar-refractivity contribution in [2.75, 3.05) is 5.32 Å². The Kier molecular flexibility index (Phi) is 5.73. The Hall–Kier alpha value is -2.63. The van der Waals surface area contributed by atoms with Gasteiger partial charge in [0.1, 0.15) is 6.04 Å². The topological polar surface area (TPSA) is 71.3 Å². The first kappa shape index (κ1) is 17.7. The summed E-state index contributed by atoms with van der Waals surface area (Å²) in [6.45, 7) is 10.6. The van der Waals surface area contributed by atoms with Crippen molar-refractivity contribution < 1.29 is 4.79 Å². The van der Waals surface area contributed by atoms with Gasteiger partial charge in [-0.2, -0.15) is 10.2 Å². The standard InChI is InChI=1S/C18H25N5O/c1-6-23-15(5)17(13(3)22-23)11-19-21-18(24)14(4)20-16-9-7-8-12(2)10-16/h7-11,14,20H,6H2,1-5H3,(H,21,24)/b19-11-/t14-/m0/s1. The molecule has 1 heterocycles. The molecular weight excluding hydrogens is 302 g/mol. The van der Waals surface area contributed by atoms with Crippen molar-refractivity contribution in [2.24, 2.45) is 5.10 Å². The van der Waals surface area contributed by atoms with Gasteiger partial charge in [0.15, 0.2) is 0 Å². The van der Waals surface area contributed by atoms with Crippen molar-refractivity contribution in [1.82, 2.24) is 15.2 Å². The van der Waals surface area contributed by atoms with Gasteiger partial charge in [0.05, 0.1) is 11.9 Å². The van der Waals surface area contributed by atoms with Gasteiger partial charge in [0.25, 0.3) is 5.91 Å². The SMILES string of the molecule is CCn1nc(C)c(/C=N\NC(=O)[C@H](C)Nc2cccc(C)c2)c1C. The highest BCUT2D eigenvalue weighted by molar-refractivity contribution is 5.87. The third-order valence-corrected chi connectivity index (χ3v) is 3.90. The second kappa shape index (κ2) is 7.77. The molecule has 0 aliphatic heterocycles. The van der Waals surface area contributed by atoms with Crippen LogP contribution < -0.4 is 10.7 Å². The molecule has 0 spiro atoms. The van der Waals surface area contributed by atoms with Crippen LogP contribution in [0.5, 0.6) is 0 Å². The molecule has 0 aliphatic rings. The second-order valence-corrected chi connectivity index (χ2v) is 5.87. The number of benzene rings is 1. The van der Waals surface area contributed by atoms with E-state index in [4.69, 9.17) is 0 Å². The number of hydrogen-bond donors (Lipinski definition) is 2. The molecular formula is C18H25N5O. The first-order valence-corrected chi connectivity index (χ1v) is 8.12. The monoisotopic (exact) mass is 327 g/mol. The maximum atomic E-state index is 12.1. The van der Waals surface area contributed by atoms with Gasteiger partial charge < -0.3 is 5.32 Å². The van der Waals surface area contributed by atoms with Crippen LogP contribution in [0, 0.1) is 20.8 Å². The zero-order valence-electron chi connectivity index (χ0n) is 14.9. The minimum Gasteiger partial charge on any atom is -0.374 e. The fourth-order valence-electron chi connectivity index (χ4n) is 2.51. The number of hydrazone groups is 1. The molecule has 0 fully saturated rings. The van der Waals surface area contributed by atoms with E-state index in [0.29, 0.717) is 0 Å². The number of aryl methyl sites for hydroxylation is 3. The minimum atomic E-state index is -0.385. The van der Waals surface area contributed by atoms with Crippen LogP contribution in [0.2, 0.25) is 0 Å². The van der Waals surface area contributed by atoms with Gasteiger partial charge in [-0.3, -0.25) is 9.48 Å². The Balaban J connectivity index is 1.96. The zero-order valence-corrected chi connectivity index (χ0v) is 14.9. The minimum absolute atomic E-state index is 0.189. The number of nitrogens with one attached hydrogen (secondary N) is 2. The Labute approximate surface area is 143 Å². The van der Waals surface area contributed by atoms with Gasteiger partial charge in [-0.15, -0.1) is 0 Å². The number of amides is 1. The van der Waals surface area contributed by atoms with Gasteiger partial charge in [0.2, 0.25) is 0 Å². The van der Waals surface area contributed by atoms with E-state index in [1.165, 1.54) is 0 Å². The largest absolute Gasteiger partial charge is 0.374 e. The quantitative estimate of drug-likeness (QED) is 0.633. The summed E-state index contributed by atoms with van der Waals surface area (Å²) in [6.07, 6.45) is 1.65. The van der Waals surface area contributed by atoms with Crippen LogP contribution in [0.15, 0.2) is 29.4 Å². The summed E-state index contributed by atoms with van der Waals surface area (Å²) in [5.74, 6) is -0.189. The number of nitrogens with zero attached hydrogens (tertiary/aromatic N) is 3. The molecule has 1 aromatic heterocycles. The summed E-state index contributed by atoms with van der Waals surface area (Å²) in [5, 5.41) is 11.7. The highest BCUT2D eigenvalue weighted by Gasteiger charge is 2.12. The molecule has 1 amide bonds. The lowest BCUT2D eigenvalue weighted by Crippen LogP contribution is -2.34. The number of carbonyl (C=O) groups excluding carboxylic acids is 1. The fourth-order valence-corrected chi connectivity index (χ4v) is 2.51. The van der Waals surface area contributed by atoms with Crippen molar-refractivity contribution in [3.8, 4) is 0 Å². The normalized spacial score (nSPS) is 12.4. The fraction of sp³-hybridized carbons (Fsp3) is 0.389. The predicted octanol–water partition coefficient (Wildman–Crippen LogP) is 2.78. The zero-order chi connectivity index (χ0) is 17.7. The van der Waals surface area contributed by atoms with E-state index in [0.717, 1.165) is 34.7 Å². The smallest absolute Gasteiger partial charge is 0.262 e. The average molecular weight is 327 g/mol. The molecule has 0 unspecified atom stereocenters. The Morgan fingerprint density at radius 2 is 2.12 bits per heavy atom. The summed E-state index contributed by atoms with van der Waals surface area (Å²) in [4.78, 5) is 12.1. The van der Waals surface area contributed by atoms with Gasteiger partial charge >= 0.3 is 0 Å². The van der Waals surface area contributed by atoms with E-state index >= 15 is 0 Å². The second-order valence-electron chi connectivity index (χ2n) is 5.87. The molecule has 2 N–H and O–H groups in total. The summed E-state index contributed by atoms with van der Waals surface area (Å²) in [7, 11) is 0. The van der Waals surface area contributed by atoms with E-state index < -0.39 is 0 Å². The summed E-state index contributed by atoms with van der Waals surface area (Å²) < 4.78 is 1.92. The molecule has 6 heteroatoms. The molecule has 0 bridgehead atoms. The lowest BCUT2D eigenvalue weighted by molar-refractivity contribution is -0.121. The molecule has 2 aromatic rings. The van der Waals surface area contributed by atoms with Gasteiger partial charge in [-0.05, 0) is 52.3 Å². The number of aromatic nitrogens is 2. The van der Waals surface area contributed by atoms with Crippen molar-refractivity contribution in [1.29, 1.82) is 0 Å². The molecule has 2 rings (SSSR count). The van der Waals surface area contributed by atoms with Crippen molar-refractivity contribution in [3.05, 3.63) is 46.8 Å². The Morgan fingerprint density at radius 1 is 1.38 bits per heavy atom. The average Bonchev–Trinajstić information content (AvgIpc) is 2.82. The van der Waals surface area contributed by atoms with Crippen LogP contribution in [0.3, 0.4) is 0 Å². The number of anilines is 1. The molecule has 24 heavy (non-hydrogen) atoms. The molecule has 0 saturated carbocycles. The first-order valence-electron chi connectivity index (χ1n) is 8.12. The summed E-state index contributed by atoms with van der Waals surface area (Å²) in [5.41, 5.74) is 7.52. The van der Waals surface area contributed by atoms with E-state index in [2.05, 4.69) is 20.9 Å². The van der Waals surface area contributed by atoms with Crippen molar-refractivity contribution in [2.45, 2.75) is 47.2 Å². The molecule has 0 saturated heterocycles. The van der Waals surface area contributed by atoms with Crippen molar-refractivity contribution in [3.63, 3.8) is 0 Å². The van der Waals surface area contributed by atoms with Gasteiger partial charge in [0, 0.05) is 23.5 Å². The van der Waals surface area contributed by atoms with E-state index in [1.807, 2.05) is 56.6 Å². The third-order valence-electron chi connectivity index (χ3n) is 3.90. The van der Waals surface area contributed by atoms with Crippen LogP contribution in [-0.2, 0) is 11.3 Å². The third kappa shape index (κ3) is 4.22. The Morgan fingerprint density at radius 3 is 2.75 bits per heavy atom. The number of hydrogen-bond acceptors (Lipinski definition) is 4. The van der Waals surface area contributed by atoms with Crippen molar-refractivity contribution >= 4 is 17.8 Å². The molecule has 0 radical (unpaired) electrons. The maximum Gasteiger partial charge on any atom is 0.262 e. The predicted molar refractivity (Wildman–Crippen MR) is 97.4 cm³/mol. The maximum absolute atomic E-state index is 12.1. The molecule has 1 aromatic carbocycles. The number of carbonyl (C=O) groups is 1.